The third kappa shape index (κ3) is 9.15. The van der Waals surface area contributed by atoms with Crippen LogP contribution in [0.1, 0.15) is 24.5 Å². The van der Waals surface area contributed by atoms with E-state index in [0.717, 1.165) is 9.87 Å². The van der Waals surface area contributed by atoms with Gasteiger partial charge in [-0.1, -0.05) is 108 Å². The van der Waals surface area contributed by atoms with Gasteiger partial charge in [0, 0.05) is 29.6 Å². The maximum Gasteiger partial charge on any atom is 0.264 e. The Hall–Kier alpha value is -3.27. The van der Waals surface area contributed by atoms with Gasteiger partial charge in [0.25, 0.3) is 10.0 Å². The lowest BCUT2D eigenvalue weighted by molar-refractivity contribution is -0.140. The first-order valence-corrected chi connectivity index (χ1v) is 17.0. The van der Waals surface area contributed by atoms with Gasteiger partial charge in [0.2, 0.25) is 11.8 Å². The molecule has 0 aliphatic heterocycles. The van der Waals surface area contributed by atoms with E-state index in [1.54, 1.807) is 36.4 Å². The number of carbonyl (C=O) groups is 2. The van der Waals surface area contributed by atoms with Crippen LogP contribution in [0.2, 0.25) is 20.1 Å². The van der Waals surface area contributed by atoms with E-state index in [0.29, 0.717) is 23.6 Å². The minimum atomic E-state index is -4.29. The van der Waals surface area contributed by atoms with E-state index in [-0.39, 0.29) is 44.5 Å². The molecule has 0 aliphatic carbocycles. The summed E-state index contributed by atoms with van der Waals surface area (Å²) in [5.41, 5.74) is 1.51. The molecule has 236 valence electrons. The predicted octanol–water partition coefficient (Wildman–Crippen LogP) is 7.66. The van der Waals surface area contributed by atoms with Crippen LogP contribution in [0.5, 0.6) is 0 Å². The summed E-state index contributed by atoms with van der Waals surface area (Å²) in [6, 6.07) is 25.2. The second-order valence-corrected chi connectivity index (χ2v) is 13.8. The number of carbonyl (C=O) groups excluding carboxylic acids is 2. The molecule has 7 nitrogen and oxygen atoms in total. The van der Waals surface area contributed by atoms with Crippen LogP contribution in [-0.2, 0) is 32.6 Å². The zero-order valence-corrected chi connectivity index (χ0v) is 28.1. The van der Waals surface area contributed by atoms with Crippen LogP contribution < -0.4 is 9.62 Å². The van der Waals surface area contributed by atoms with Gasteiger partial charge in [0.05, 0.1) is 20.6 Å². The van der Waals surface area contributed by atoms with Crippen molar-refractivity contribution in [1.82, 2.24) is 10.2 Å². The molecule has 0 bridgehead atoms. The number of nitrogens with zero attached hydrogens (tertiary/aromatic N) is 2. The quantitative estimate of drug-likeness (QED) is 0.155. The van der Waals surface area contributed by atoms with Gasteiger partial charge in [-0.3, -0.25) is 13.9 Å². The monoisotopic (exact) mass is 705 g/mol. The van der Waals surface area contributed by atoms with Crippen LogP contribution in [0.3, 0.4) is 0 Å². The first kappa shape index (κ1) is 34.6. The fourth-order valence-electron chi connectivity index (χ4n) is 4.69. The second-order valence-electron chi connectivity index (χ2n) is 10.2. The zero-order chi connectivity index (χ0) is 32.6. The van der Waals surface area contributed by atoms with Crippen LogP contribution in [-0.4, -0.2) is 44.3 Å². The van der Waals surface area contributed by atoms with Crippen LogP contribution in [0.15, 0.2) is 102 Å². The average molecular weight is 708 g/mol. The molecular formula is C33H31Cl4N3O4S. The highest BCUT2D eigenvalue weighted by Crippen LogP contribution is 2.31. The van der Waals surface area contributed by atoms with Crippen molar-refractivity contribution >= 4 is 73.9 Å². The highest BCUT2D eigenvalue weighted by molar-refractivity contribution is 7.92. The van der Waals surface area contributed by atoms with Gasteiger partial charge < -0.3 is 10.2 Å². The van der Waals surface area contributed by atoms with Crippen molar-refractivity contribution < 1.29 is 18.0 Å². The molecular weight excluding hydrogens is 676 g/mol. The maximum absolute atomic E-state index is 14.5. The van der Waals surface area contributed by atoms with Crippen molar-refractivity contribution in [2.45, 2.75) is 37.2 Å². The summed E-state index contributed by atoms with van der Waals surface area (Å²) in [5, 5.41) is 3.88. The van der Waals surface area contributed by atoms with Crippen molar-refractivity contribution in [3.63, 3.8) is 0 Å². The molecule has 1 atom stereocenters. The lowest BCUT2D eigenvalue weighted by Crippen LogP contribution is -2.53. The number of hydrogen-bond acceptors (Lipinski definition) is 4. The summed E-state index contributed by atoms with van der Waals surface area (Å²) < 4.78 is 29.0. The molecule has 0 fully saturated rings. The number of hydrogen-bond donors (Lipinski definition) is 1. The fraction of sp³-hybridized carbons (Fsp3) is 0.212. The van der Waals surface area contributed by atoms with E-state index >= 15 is 0 Å². The van der Waals surface area contributed by atoms with Crippen molar-refractivity contribution in [3.05, 3.63) is 128 Å². The van der Waals surface area contributed by atoms with Gasteiger partial charge in [-0.25, -0.2) is 8.42 Å². The number of anilines is 1. The average Bonchev–Trinajstić information content (AvgIpc) is 3.02. The third-order valence-corrected chi connectivity index (χ3v) is 9.87. The molecule has 0 radical (unpaired) electrons. The van der Waals surface area contributed by atoms with Crippen molar-refractivity contribution in [3.8, 4) is 0 Å². The molecule has 0 unspecified atom stereocenters. The van der Waals surface area contributed by atoms with Crippen LogP contribution in [0.25, 0.3) is 0 Å². The molecule has 2 amide bonds. The normalized spacial score (nSPS) is 11.9. The Morgan fingerprint density at radius 1 is 0.778 bits per heavy atom. The summed E-state index contributed by atoms with van der Waals surface area (Å²) in [6.45, 7) is 1.62. The Labute approximate surface area is 283 Å². The van der Waals surface area contributed by atoms with E-state index in [2.05, 4.69) is 5.32 Å². The molecule has 0 aliphatic rings. The third-order valence-electron chi connectivity index (χ3n) is 6.90. The van der Waals surface area contributed by atoms with Crippen molar-refractivity contribution in [2.24, 2.45) is 0 Å². The molecule has 0 heterocycles. The van der Waals surface area contributed by atoms with Gasteiger partial charge in [0.1, 0.15) is 12.6 Å². The molecule has 12 heteroatoms. The van der Waals surface area contributed by atoms with Crippen LogP contribution in [0, 0.1) is 0 Å². The molecule has 0 spiro atoms. The lowest BCUT2D eigenvalue weighted by atomic mass is 10.0. The molecule has 45 heavy (non-hydrogen) atoms. The summed E-state index contributed by atoms with van der Waals surface area (Å²) in [6.07, 6.45) is 0.862. The summed E-state index contributed by atoms with van der Waals surface area (Å²) in [7, 11) is -4.29. The number of benzene rings is 4. The molecule has 4 rings (SSSR count). The summed E-state index contributed by atoms with van der Waals surface area (Å²) in [4.78, 5) is 29.5. The SMILES string of the molecule is CCCNC(=O)[C@@H](Cc1ccccc1)N(Cc1ccc(Cl)c(Cl)c1)C(=O)CN(c1cc(Cl)cc(Cl)c1)S(=O)(=O)c1ccccc1. The predicted molar refractivity (Wildman–Crippen MR) is 182 cm³/mol. The number of rotatable bonds is 13. The number of nitrogens with one attached hydrogen (secondary N) is 1. The topological polar surface area (TPSA) is 86.8 Å². The van der Waals surface area contributed by atoms with Gasteiger partial charge in [-0.15, -0.1) is 0 Å². The Balaban J connectivity index is 1.82. The van der Waals surface area contributed by atoms with E-state index < -0.39 is 28.5 Å². The Morgan fingerprint density at radius 3 is 2.00 bits per heavy atom. The fourth-order valence-corrected chi connectivity index (χ4v) is 6.94. The first-order valence-electron chi connectivity index (χ1n) is 14.1. The second kappa shape index (κ2) is 15.8. The van der Waals surface area contributed by atoms with Gasteiger partial charge in [0.15, 0.2) is 0 Å². The number of amides is 2. The van der Waals surface area contributed by atoms with Crippen LogP contribution >= 0.6 is 46.4 Å². The van der Waals surface area contributed by atoms with E-state index in [4.69, 9.17) is 46.4 Å². The largest absolute Gasteiger partial charge is 0.354 e. The number of sulfonamides is 1. The standard InChI is InChI=1S/C33H31Cl4N3O4S/c1-2-15-38-33(42)31(17-23-9-5-3-6-10-23)39(21-24-13-14-29(36)30(37)16-24)32(41)22-40(27-19-25(34)18-26(35)20-27)45(43,44)28-11-7-4-8-12-28/h3-14,16,18-20,31H,2,15,17,21-22H2,1H3,(H,38,42)/t31-/m1/s1. The van der Waals surface area contributed by atoms with Crippen molar-refractivity contribution in [1.29, 1.82) is 0 Å². The molecule has 0 saturated carbocycles. The van der Waals surface area contributed by atoms with Gasteiger partial charge >= 0.3 is 0 Å². The first-order chi connectivity index (χ1) is 21.5. The van der Waals surface area contributed by atoms with E-state index in [1.165, 1.54) is 35.2 Å². The molecule has 4 aromatic carbocycles. The highest BCUT2D eigenvalue weighted by Gasteiger charge is 2.34. The van der Waals surface area contributed by atoms with Crippen LogP contribution in [0.4, 0.5) is 5.69 Å². The van der Waals surface area contributed by atoms with Crippen molar-refractivity contribution in [2.75, 3.05) is 17.4 Å². The lowest BCUT2D eigenvalue weighted by Gasteiger charge is -2.34. The smallest absolute Gasteiger partial charge is 0.264 e. The van der Waals surface area contributed by atoms with E-state index in [9.17, 15) is 18.0 Å². The Morgan fingerprint density at radius 2 is 1.40 bits per heavy atom. The van der Waals surface area contributed by atoms with E-state index in [1.807, 2.05) is 37.3 Å². The van der Waals surface area contributed by atoms with Gasteiger partial charge in [-0.2, -0.15) is 0 Å². The Kier molecular flexibility index (Phi) is 12.2. The summed E-state index contributed by atoms with van der Waals surface area (Å²) in [5.74, 6) is -1.01. The zero-order valence-electron chi connectivity index (χ0n) is 24.3. The van der Waals surface area contributed by atoms with Gasteiger partial charge in [-0.05, 0) is 60.0 Å². The minimum Gasteiger partial charge on any atom is -0.354 e. The Bertz CT molecular complexity index is 1720. The minimum absolute atomic E-state index is 0.0357. The highest BCUT2D eigenvalue weighted by atomic mass is 35.5. The number of halogens is 4. The molecule has 4 aromatic rings. The summed E-state index contributed by atoms with van der Waals surface area (Å²) >= 11 is 25.0. The maximum atomic E-state index is 14.5. The molecule has 0 saturated heterocycles. The molecule has 1 N–H and O–H groups in total. The molecule has 0 aromatic heterocycles.